The van der Waals surface area contributed by atoms with Crippen LogP contribution in [0.15, 0.2) is 17.2 Å². The number of hydrogen-bond donors (Lipinski definition) is 1. The predicted octanol–water partition coefficient (Wildman–Crippen LogP) is 0.970. The Hall–Kier alpha value is -1.03. The average molecular weight is 209 g/mol. The third kappa shape index (κ3) is 2.15. The van der Waals surface area contributed by atoms with Crippen molar-refractivity contribution in [1.82, 2.24) is 9.13 Å². The summed E-state index contributed by atoms with van der Waals surface area (Å²) in [5, 5.41) is 0. The fourth-order valence-corrected chi connectivity index (χ4v) is 1.70. The molecule has 15 heavy (non-hydrogen) atoms. The number of nitrogens with two attached hydrogens (primary N) is 1. The highest BCUT2D eigenvalue weighted by molar-refractivity contribution is 4.92. The molecular weight excluding hydrogens is 190 g/mol. The third-order valence-corrected chi connectivity index (χ3v) is 2.97. The molecule has 1 aliphatic rings. The fourth-order valence-electron chi connectivity index (χ4n) is 1.70. The van der Waals surface area contributed by atoms with Crippen molar-refractivity contribution < 1.29 is 0 Å². The second kappa shape index (κ2) is 3.52. The molecule has 84 valence electrons. The van der Waals surface area contributed by atoms with Crippen molar-refractivity contribution in [2.75, 3.05) is 6.54 Å². The molecule has 0 amide bonds. The van der Waals surface area contributed by atoms with Crippen molar-refractivity contribution >= 4 is 0 Å². The van der Waals surface area contributed by atoms with E-state index in [4.69, 9.17) is 5.73 Å². The highest BCUT2D eigenvalue weighted by atomic mass is 16.1. The lowest BCUT2D eigenvalue weighted by Gasteiger charge is -2.22. The van der Waals surface area contributed by atoms with Gasteiger partial charge in [0.25, 0.3) is 0 Å². The first-order valence-corrected chi connectivity index (χ1v) is 5.51. The minimum Gasteiger partial charge on any atom is -0.330 e. The molecule has 0 radical (unpaired) electrons. The van der Waals surface area contributed by atoms with Crippen LogP contribution in [0.3, 0.4) is 0 Å². The minimum absolute atomic E-state index is 0.0143. The minimum atomic E-state index is -0.0143. The summed E-state index contributed by atoms with van der Waals surface area (Å²) in [4.78, 5) is 11.9. The van der Waals surface area contributed by atoms with Crippen LogP contribution in [0.1, 0.15) is 32.7 Å². The van der Waals surface area contributed by atoms with Crippen LogP contribution in [0, 0.1) is 5.41 Å². The number of imidazole rings is 1. The van der Waals surface area contributed by atoms with Gasteiger partial charge in [-0.05, 0) is 24.8 Å². The summed E-state index contributed by atoms with van der Waals surface area (Å²) < 4.78 is 3.61. The van der Waals surface area contributed by atoms with Gasteiger partial charge in [-0.3, -0.25) is 9.13 Å². The van der Waals surface area contributed by atoms with Crippen LogP contribution in [0.25, 0.3) is 0 Å². The van der Waals surface area contributed by atoms with E-state index >= 15 is 0 Å². The van der Waals surface area contributed by atoms with E-state index in [1.165, 1.54) is 0 Å². The Balaban J connectivity index is 2.19. The summed E-state index contributed by atoms with van der Waals surface area (Å²) in [6, 6.07) is 0.458. The Bertz CT molecular complexity index is 398. The van der Waals surface area contributed by atoms with Gasteiger partial charge in [0.1, 0.15) is 0 Å². The molecule has 2 N–H and O–H groups in total. The maximum Gasteiger partial charge on any atom is 0.328 e. The van der Waals surface area contributed by atoms with Crippen molar-refractivity contribution in [2.45, 2.75) is 39.3 Å². The van der Waals surface area contributed by atoms with Gasteiger partial charge in [-0.25, -0.2) is 4.79 Å². The van der Waals surface area contributed by atoms with E-state index in [-0.39, 0.29) is 11.1 Å². The summed E-state index contributed by atoms with van der Waals surface area (Å²) in [5.41, 5.74) is 5.76. The van der Waals surface area contributed by atoms with Gasteiger partial charge in [-0.2, -0.15) is 0 Å². The van der Waals surface area contributed by atoms with Crippen LogP contribution in [0.2, 0.25) is 0 Å². The van der Waals surface area contributed by atoms with Crippen molar-refractivity contribution in [2.24, 2.45) is 11.1 Å². The summed E-state index contributed by atoms with van der Waals surface area (Å²) in [6.07, 6.45) is 6.05. The van der Waals surface area contributed by atoms with Crippen LogP contribution in [0.5, 0.6) is 0 Å². The van der Waals surface area contributed by atoms with E-state index in [1.54, 1.807) is 4.57 Å². The van der Waals surface area contributed by atoms with Crippen molar-refractivity contribution in [3.63, 3.8) is 0 Å². The summed E-state index contributed by atoms with van der Waals surface area (Å²) in [7, 11) is 0. The lowest BCUT2D eigenvalue weighted by atomic mass is 9.94. The molecule has 0 unspecified atom stereocenters. The van der Waals surface area contributed by atoms with E-state index in [1.807, 2.05) is 17.0 Å². The maximum atomic E-state index is 11.9. The van der Waals surface area contributed by atoms with Gasteiger partial charge in [0.15, 0.2) is 0 Å². The lowest BCUT2D eigenvalue weighted by molar-refractivity contribution is 0.311. The number of rotatable bonds is 4. The van der Waals surface area contributed by atoms with E-state index in [2.05, 4.69) is 13.8 Å². The second-order valence-electron chi connectivity index (χ2n) is 5.22. The Morgan fingerprint density at radius 3 is 2.67 bits per heavy atom. The molecule has 1 aliphatic carbocycles. The van der Waals surface area contributed by atoms with Crippen LogP contribution in [-0.2, 0) is 6.54 Å². The molecule has 1 saturated carbocycles. The third-order valence-electron chi connectivity index (χ3n) is 2.97. The molecule has 0 saturated heterocycles. The van der Waals surface area contributed by atoms with E-state index in [9.17, 15) is 4.79 Å². The number of hydrogen-bond acceptors (Lipinski definition) is 2. The zero-order valence-corrected chi connectivity index (χ0v) is 9.44. The molecule has 1 aromatic heterocycles. The van der Waals surface area contributed by atoms with E-state index in [0.717, 1.165) is 12.8 Å². The molecule has 4 heteroatoms. The molecule has 0 spiro atoms. The van der Waals surface area contributed by atoms with Gasteiger partial charge in [0.2, 0.25) is 0 Å². The van der Waals surface area contributed by atoms with Gasteiger partial charge in [0, 0.05) is 25.0 Å². The molecule has 1 heterocycles. The number of aromatic nitrogens is 2. The van der Waals surface area contributed by atoms with Gasteiger partial charge in [0.05, 0.1) is 0 Å². The molecule has 2 rings (SSSR count). The quantitative estimate of drug-likeness (QED) is 0.803. The standard InChI is InChI=1S/C11H19N3O/c1-11(2,7-12)8-13-5-6-14(10(13)15)9-3-4-9/h5-6,9H,3-4,7-8,12H2,1-2H3. The maximum absolute atomic E-state index is 11.9. The molecule has 4 nitrogen and oxygen atoms in total. The summed E-state index contributed by atoms with van der Waals surface area (Å²) in [6.45, 7) is 5.44. The summed E-state index contributed by atoms with van der Waals surface area (Å²) in [5.74, 6) is 0. The molecular formula is C11H19N3O. The second-order valence-corrected chi connectivity index (χ2v) is 5.22. The monoisotopic (exact) mass is 209 g/mol. The predicted molar refractivity (Wildman–Crippen MR) is 59.8 cm³/mol. The number of nitrogens with zero attached hydrogens (tertiary/aromatic N) is 2. The van der Waals surface area contributed by atoms with Gasteiger partial charge in [-0.15, -0.1) is 0 Å². The van der Waals surface area contributed by atoms with Crippen LogP contribution in [-0.4, -0.2) is 15.7 Å². The van der Waals surface area contributed by atoms with E-state index in [0.29, 0.717) is 19.1 Å². The highest BCUT2D eigenvalue weighted by Gasteiger charge is 2.26. The van der Waals surface area contributed by atoms with Gasteiger partial charge < -0.3 is 5.73 Å². The first-order chi connectivity index (χ1) is 7.03. The van der Waals surface area contributed by atoms with Crippen LogP contribution < -0.4 is 11.4 Å². The van der Waals surface area contributed by atoms with Crippen LogP contribution in [0.4, 0.5) is 0 Å². The molecule has 0 aromatic carbocycles. The summed E-state index contributed by atoms with van der Waals surface area (Å²) >= 11 is 0. The first kappa shape index (κ1) is 10.5. The SMILES string of the molecule is CC(C)(CN)Cn1ccn(C2CC2)c1=O. The Morgan fingerprint density at radius 1 is 1.47 bits per heavy atom. The van der Waals surface area contributed by atoms with Crippen molar-refractivity contribution in [3.8, 4) is 0 Å². The fraction of sp³-hybridized carbons (Fsp3) is 0.727. The lowest BCUT2D eigenvalue weighted by Crippen LogP contribution is -2.34. The van der Waals surface area contributed by atoms with Gasteiger partial charge in [-0.1, -0.05) is 13.8 Å². The zero-order valence-electron chi connectivity index (χ0n) is 9.44. The molecule has 1 fully saturated rings. The Morgan fingerprint density at radius 2 is 2.13 bits per heavy atom. The topological polar surface area (TPSA) is 52.9 Å². The Kier molecular flexibility index (Phi) is 2.46. The van der Waals surface area contributed by atoms with Crippen molar-refractivity contribution in [3.05, 3.63) is 22.9 Å². The Labute approximate surface area is 89.7 Å². The molecule has 0 atom stereocenters. The highest BCUT2D eigenvalue weighted by Crippen LogP contribution is 2.33. The smallest absolute Gasteiger partial charge is 0.328 e. The van der Waals surface area contributed by atoms with Crippen LogP contribution >= 0.6 is 0 Å². The van der Waals surface area contributed by atoms with Crippen molar-refractivity contribution in [1.29, 1.82) is 0 Å². The molecule has 1 aromatic rings. The van der Waals surface area contributed by atoms with Gasteiger partial charge >= 0.3 is 5.69 Å². The largest absolute Gasteiger partial charge is 0.330 e. The average Bonchev–Trinajstić information content (AvgIpc) is 2.95. The normalized spacial score (nSPS) is 17.0. The van der Waals surface area contributed by atoms with E-state index < -0.39 is 0 Å². The zero-order chi connectivity index (χ0) is 11.1. The first-order valence-electron chi connectivity index (χ1n) is 5.51. The molecule has 0 aliphatic heterocycles. The molecule has 0 bridgehead atoms.